The monoisotopic (exact) mass is 595 g/mol. The molecule has 0 radical (unpaired) electrons. The van der Waals surface area contributed by atoms with Crippen LogP contribution in [0.3, 0.4) is 0 Å². The van der Waals surface area contributed by atoms with Gasteiger partial charge in [0.15, 0.2) is 0 Å². The summed E-state index contributed by atoms with van der Waals surface area (Å²) in [5.74, 6) is -0.769. The Morgan fingerprint density at radius 1 is 1.15 bits per heavy atom. The number of halogens is 5. The molecule has 1 aliphatic rings. The Labute approximate surface area is 238 Å². The van der Waals surface area contributed by atoms with Gasteiger partial charge in [-0.2, -0.15) is 24.5 Å². The number of nitrogens with one attached hydrogen (secondary N) is 3. The fourth-order valence-corrected chi connectivity index (χ4v) is 5.08. The number of hydrogen-bond acceptors (Lipinski definition) is 6. The van der Waals surface area contributed by atoms with E-state index in [1.165, 1.54) is 18.2 Å². The van der Waals surface area contributed by atoms with E-state index < -0.39 is 18.8 Å². The number of hydrogen-bond donors (Lipinski definition) is 3. The summed E-state index contributed by atoms with van der Waals surface area (Å²) in [5, 5.41) is 12.0. The Hall–Kier alpha value is -3.48. The molecule has 1 amide bonds. The lowest BCUT2D eigenvalue weighted by Gasteiger charge is -2.30. The summed E-state index contributed by atoms with van der Waals surface area (Å²) in [5.41, 5.74) is 3.10. The van der Waals surface area contributed by atoms with Gasteiger partial charge in [-0.1, -0.05) is 24.3 Å². The standard InChI is InChI=1S/C29H30F5N3O3S/c30-21-6-4-19(5-7-21)24(20-11-13-41-17-20)10-12-35-27-3-1-2-26(31)25(27)9-8-23-14-36-22(15-39-23)16-40-28(38)37-18-29(32,33)34/h1-7,10-13,17,22-24,35-36H,8-9,14-16,18H2,(H,37,38)/t22-,23+,24-/m0/s1. The molecule has 3 aromatic rings. The summed E-state index contributed by atoms with van der Waals surface area (Å²) in [6.07, 6.45) is -1.28. The summed E-state index contributed by atoms with van der Waals surface area (Å²) in [4.78, 5) is 11.4. The molecule has 12 heteroatoms. The topological polar surface area (TPSA) is 71.6 Å². The highest BCUT2D eigenvalue weighted by Crippen LogP contribution is 2.29. The van der Waals surface area contributed by atoms with Crippen LogP contribution >= 0.6 is 11.3 Å². The quantitative estimate of drug-likeness (QED) is 0.225. The third kappa shape index (κ3) is 9.55. The van der Waals surface area contributed by atoms with Crippen LogP contribution in [0.4, 0.5) is 32.4 Å². The zero-order chi connectivity index (χ0) is 29.2. The van der Waals surface area contributed by atoms with Gasteiger partial charge in [0.1, 0.15) is 24.8 Å². The van der Waals surface area contributed by atoms with E-state index in [0.717, 1.165) is 11.1 Å². The largest absolute Gasteiger partial charge is 0.448 e. The summed E-state index contributed by atoms with van der Waals surface area (Å²) in [6, 6.07) is 12.8. The number of alkyl halides is 3. The molecule has 41 heavy (non-hydrogen) atoms. The van der Waals surface area contributed by atoms with Crippen molar-refractivity contribution in [1.82, 2.24) is 10.6 Å². The zero-order valence-corrected chi connectivity index (χ0v) is 22.7. The van der Waals surface area contributed by atoms with Crippen molar-refractivity contribution >= 4 is 23.1 Å². The number of morpholine rings is 1. The van der Waals surface area contributed by atoms with Crippen LogP contribution in [0.2, 0.25) is 0 Å². The molecule has 0 spiro atoms. The minimum atomic E-state index is -4.52. The molecule has 220 valence electrons. The maximum Gasteiger partial charge on any atom is 0.407 e. The van der Waals surface area contributed by atoms with Crippen LogP contribution in [0.5, 0.6) is 0 Å². The molecule has 0 aliphatic carbocycles. The van der Waals surface area contributed by atoms with Crippen molar-refractivity contribution < 1.29 is 36.2 Å². The molecule has 1 aliphatic heterocycles. The van der Waals surface area contributed by atoms with Crippen molar-refractivity contribution in [2.75, 3.05) is 31.6 Å². The molecule has 3 N–H and O–H groups in total. The van der Waals surface area contributed by atoms with E-state index in [1.807, 2.05) is 22.9 Å². The van der Waals surface area contributed by atoms with Crippen LogP contribution in [0, 0.1) is 11.6 Å². The number of ether oxygens (including phenoxy) is 2. The average Bonchev–Trinajstić information content (AvgIpc) is 3.48. The highest BCUT2D eigenvalue weighted by molar-refractivity contribution is 7.08. The third-order valence-electron chi connectivity index (χ3n) is 6.51. The van der Waals surface area contributed by atoms with E-state index in [0.29, 0.717) is 30.6 Å². The van der Waals surface area contributed by atoms with Crippen molar-refractivity contribution in [2.45, 2.75) is 37.1 Å². The van der Waals surface area contributed by atoms with Gasteiger partial charge in [0.05, 0.1) is 18.8 Å². The van der Waals surface area contributed by atoms with Gasteiger partial charge < -0.3 is 25.4 Å². The van der Waals surface area contributed by atoms with E-state index in [9.17, 15) is 26.7 Å². The molecule has 2 aromatic carbocycles. The van der Waals surface area contributed by atoms with Gasteiger partial charge in [0, 0.05) is 23.7 Å². The molecule has 1 saturated heterocycles. The second kappa shape index (κ2) is 14.4. The van der Waals surface area contributed by atoms with Crippen molar-refractivity contribution in [1.29, 1.82) is 0 Å². The first kappa shape index (κ1) is 30.5. The molecule has 0 unspecified atom stereocenters. The normalized spacial score (nSPS) is 18.3. The molecule has 2 heterocycles. The Morgan fingerprint density at radius 2 is 1.95 bits per heavy atom. The van der Waals surface area contributed by atoms with E-state index in [-0.39, 0.29) is 42.9 Å². The van der Waals surface area contributed by atoms with Gasteiger partial charge in [0.2, 0.25) is 0 Å². The Kier molecular flexibility index (Phi) is 10.7. The second-order valence-corrected chi connectivity index (χ2v) is 10.3. The Morgan fingerprint density at radius 3 is 2.63 bits per heavy atom. The summed E-state index contributed by atoms with van der Waals surface area (Å²) in [7, 11) is 0. The van der Waals surface area contributed by atoms with Crippen LogP contribution in [0.1, 0.15) is 29.0 Å². The number of benzene rings is 2. The molecule has 4 rings (SSSR count). The maximum absolute atomic E-state index is 14.8. The molecule has 0 saturated carbocycles. The minimum absolute atomic E-state index is 0.110. The highest BCUT2D eigenvalue weighted by atomic mass is 32.1. The van der Waals surface area contributed by atoms with Gasteiger partial charge in [-0.15, -0.1) is 0 Å². The van der Waals surface area contributed by atoms with E-state index in [2.05, 4.69) is 10.6 Å². The first-order valence-corrected chi connectivity index (χ1v) is 13.9. The number of rotatable bonds is 11. The Balaban J connectivity index is 1.29. The number of anilines is 1. The first-order valence-electron chi connectivity index (χ1n) is 13.0. The lowest BCUT2D eigenvalue weighted by Crippen LogP contribution is -2.49. The first-order chi connectivity index (χ1) is 19.7. The molecular formula is C29H30F5N3O3S. The summed E-state index contributed by atoms with van der Waals surface area (Å²) in [6.45, 7) is -1.01. The van der Waals surface area contributed by atoms with Crippen LogP contribution in [0.15, 0.2) is 71.6 Å². The smallest absolute Gasteiger partial charge is 0.407 e. The number of thiophene rings is 1. The summed E-state index contributed by atoms with van der Waals surface area (Å²) < 4.78 is 75.4. The van der Waals surface area contributed by atoms with Gasteiger partial charge in [-0.25, -0.2) is 13.6 Å². The molecule has 0 bridgehead atoms. The van der Waals surface area contributed by atoms with Crippen LogP contribution in [-0.4, -0.2) is 50.7 Å². The fraction of sp³-hybridized carbons (Fsp3) is 0.345. The number of alkyl carbamates (subject to hydrolysis) is 1. The molecule has 3 atom stereocenters. The average molecular weight is 596 g/mol. The second-order valence-electron chi connectivity index (χ2n) is 9.52. The van der Waals surface area contributed by atoms with Crippen LogP contribution < -0.4 is 16.0 Å². The predicted octanol–water partition coefficient (Wildman–Crippen LogP) is 6.36. The van der Waals surface area contributed by atoms with Gasteiger partial charge >= 0.3 is 12.3 Å². The summed E-state index contributed by atoms with van der Waals surface area (Å²) >= 11 is 1.57. The van der Waals surface area contributed by atoms with Crippen LogP contribution in [-0.2, 0) is 15.9 Å². The number of carbonyl (C=O) groups excluding carboxylic acids is 1. The molecule has 1 fully saturated rings. The maximum atomic E-state index is 14.8. The van der Waals surface area contributed by atoms with Gasteiger partial charge in [-0.3, -0.25) is 0 Å². The Bertz CT molecular complexity index is 1280. The van der Waals surface area contributed by atoms with E-state index >= 15 is 0 Å². The van der Waals surface area contributed by atoms with Crippen LogP contribution in [0.25, 0.3) is 0 Å². The lowest BCUT2D eigenvalue weighted by molar-refractivity contribution is -0.123. The number of amides is 1. The number of carbonyl (C=O) groups is 1. The van der Waals surface area contributed by atoms with Crippen molar-refractivity contribution in [2.24, 2.45) is 0 Å². The number of allylic oxidation sites excluding steroid dienone is 1. The van der Waals surface area contributed by atoms with E-state index in [4.69, 9.17) is 9.47 Å². The van der Waals surface area contributed by atoms with Crippen molar-refractivity contribution in [3.8, 4) is 0 Å². The third-order valence-corrected chi connectivity index (χ3v) is 7.21. The molecule has 1 aromatic heterocycles. The molecule has 6 nitrogen and oxygen atoms in total. The highest BCUT2D eigenvalue weighted by Gasteiger charge is 2.28. The predicted molar refractivity (Wildman–Crippen MR) is 147 cm³/mol. The van der Waals surface area contributed by atoms with Crippen molar-refractivity contribution in [3.05, 3.63) is 99.9 Å². The lowest BCUT2D eigenvalue weighted by atomic mass is 9.93. The van der Waals surface area contributed by atoms with E-state index in [1.54, 1.807) is 47.1 Å². The zero-order valence-electron chi connectivity index (χ0n) is 21.9. The van der Waals surface area contributed by atoms with Gasteiger partial charge in [0.25, 0.3) is 0 Å². The van der Waals surface area contributed by atoms with Gasteiger partial charge in [-0.05, 0) is 71.3 Å². The molecular weight excluding hydrogens is 565 g/mol. The minimum Gasteiger partial charge on any atom is -0.448 e. The fourth-order valence-electron chi connectivity index (χ4n) is 4.38. The van der Waals surface area contributed by atoms with Crippen molar-refractivity contribution in [3.63, 3.8) is 0 Å². The SMILES string of the molecule is O=C(NCC(F)(F)F)OC[C@@H]1CO[C@H](CCc2c(F)cccc2NC=C[C@@H](c2ccc(F)cc2)c2ccsc2)CN1.